The number of piperidine rings is 1. The van der Waals surface area contributed by atoms with Crippen LogP contribution in [0.15, 0.2) is 71.3 Å². The Morgan fingerprint density at radius 2 is 1.63 bits per heavy atom. The van der Waals surface area contributed by atoms with Crippen LogP contribution in [0.3, 0.4) is 0 Å². The smallest absolute Gasteiger partial charge is 0.270 e. The number of hydrogen-bond donors (Lipinski definition) is 1. The third-order valence-electron chi connectivity index (χ3n) is 8.03. The molecule has 2 aromatic heterocycles. The average molecular weight is 593 g/mol. The lowest BCUT2D eigenvalue weighted by Crippen LogP contribution is -2.60. The zero-order valence-corrected chi connectivity index (χ0v) is 23.8. The van der Waals surface area contributed by atoms with Crippen LogP contribution in [0.25, 0.3) is 5.65 Å². The lowest BCUT2D eigenvalue weighted by molar-refractivity contribution is 0.0944. The van der Waals surface area contributed by atoms with Gasteiger partial charge in [0.1, 0.15) is 11.3 Å². The maximum Gasteiger partial charge on any atom is 0.270 e. The molecule has 2 aromatic carbocycles. The summed E-state index contributed by atoms with van der Waals surface area (Å²) in [6, 6.07) is 20.9. The first-order valence-electron chi connectivity index (χ1n) is 13.2. The van der Waals surface area contributed by atoms with Crippen LogP contribution >= 0.6 is 27.5 Å². The van der Waals surface area contributed by atoms with Gasteiger partial charge in [0.05, 0.1) is 10.7 Å². The van der Waals surface area contributed by atoms with Crippen LogP contribution in [0, 0.1) is 5.41 Å². The Balaban J connectivity index is 1.03. The molecule has 2 saturated heterocycles. The van der Waals surface area contributed by atoms with Crippen molar-refractivity contribution in [1.29, 1.82) is 0 Å². The molecule has 2 aliphatic rings. The van der Waals surface area contributed by atoms with Crippen molar-refractivity contribution in [2.24, 2.45) is 5.41 Å². The fourth-order valence-electron chi connectivity index (χ4n) is 5.80. The summed E-state index contributed by atoms with van der Waals surface area (Å²) in [6.07, 6.45) is 4.87. The maximum absolute atomic E-state index is 13.1. The Labute approximate surface area is 236 Å². The SMILES string of the molecule is CCc1nc2ccc(Cl)cn2c1C(=O)NCc1ccc(N2CCC3(CC2)CN(c2ccc(Br)cc2)C3)cc1. The summed E-state index contributed by atoms with van der Waals surface area (Å²) in [5.74, 6) is -0.139. The van der Waals surface area contributed by atoms with Crippen molar-refractivity contribution < 1.29 is 4.79 Å². The van der Waals surface area contributed by atoms with Gasteiger partial charge in [0, 0.05) is 60.2 Å². The molecule has 1 N–H and O–H groups in total. The zero-order valence-electron chi connectivity index (χ0n) is 21.5. The quantitative estimate of drug-likeness (QED) is 0.284. The van der Waals surface area contributed by atoms with E-state index in [4.69, 9.17) is 11.6 Å². The Morgan fingerprint density at radius 1 is 0.974 bits per heavy atom. The first-order valence-corrected chi connectivity index (χ1v) is 14.4. The van der Waals surface area contributed by atoms with E-state index in [9.17, 15) is 4.79 Å². The van der Waals surface area contributed by atoms with E-state index in [-0.39, 0.29) is 5.91 Å². The van der Waals surface area contributed by atoms with Gasteiger partial charge in [-0.05, 0) is 73.4 Å². The molecule has 0 atom stereocenters. The van der Waals surface area contributed by atoms with E-state index >= 15 is 0 Å². The minimum atomic E-state index is -0.139. The highest BCUT2D eigenvalue weighted by Gasteiger charge is 2.44. The molecule has 196 valence electrons. The molecule has 0 aliphatic carbocycles. The molecule has 0 radical (unpaired) electrons. The minimum absolute atomic E-state index is 0.139. The molecular formula is C30H31BrClN5O. The molecule has 6 nitrogen and oxygen atoms in total. The summed E-state index contributed by atoms with van der Waals surface area (Å²) in [4.78, 5) is 22.7. The first-order chi connectivity index (χ1) is 18.4. The number of carbonyl (C=O) groups excluding carboxylic acids is 1. The van der Waals surface area contributed by atoms with Crippen LogP contribution in [-0.4, -0.2) is 41.5 Å². The standard InChI is InChI=1S/C30H31BrClN5O/c1-2-26-28(37-18-23(32)7-12-27(37)34-26)29(38)33-17-21-3-8-24(9-4-21)35-15-13-30(14-16-35)19-36(20-30)25-10-5-22(31)6-11-25/h3-12,18H,2,13-17,19-20H2,1H3,(H,33,38). The van der Waals surface area contributed by atoms with Gasteiger partial charge in [0.2, 0.25) is 0 Å². The molecule has 1 spiro atoms. The van der Waals surface area contributed by atoms with Gasteiger partial charge in [0.15, 0.2) is 0 Å². The zero-order chi connectivity index (χ0) is 26.3. The van der Waals surface area contributed by atoms with E-state index in [1.54, 1.807) is 16.7 Å². The molecule has 2 fully saturated rings. The summed E-state index contributed by atoms with van der Waals surface area (Å²) < 4.78 is 2.91. The van der Waals surface area contributed by atoms with Crippen LogP contribution in [0.2, 0.25) is 5.02 Å². The number of hydrogen-bond acceptors (Lipinski definition) is 4. The van der Waals surface area contributed by atoms with Crippen molar-refractivity contribution in [3.8, 4) is 0 Å². The molecule has 6 rings (SSSR count). The van der Waals surface area contributed by atoms with Crippen LogP contribution in [-0.2, 0) is 13.0 Å². The second-order valence-corrected chi connectivity index (χ2v) is 11.9. The largest absolute Gasteiger partial charge is 0.371 e. The molecule has 8 heteroatoms. The molecule has 38 heavy (non-hydrogen) atoms. The molecular weight excluding hydrogens is 562 g/mol. The molecule has 2 aliphatic heterocycles. The van der Waals surface area contributed by atoms with Crippen molar-refractivity contribution >= 4 is 50.5 Å². The fourth-order valence-corrected chi connectivity index (χ4v) is 6.22. The van der Waals surface area contributed by atoms with Gasteiger partial charge in [-0.1, -0.05) is 46.6 Å². The number of aromatic nitrogens is 2. The van der Waals surface area contributed by atoms with Crippen molar-refractivity contribution in [1.82, 2.24) is 14.7 Å². The molecule has 1 amide bonds. The first kappa shape index (κ1) is 25.3. The van der Waals surface area contributed by atoms with Gasteiger partial charge in [-0.25, -0.2) is 4.98 Å². The van der Waals surface area contributed by atoms with Gasteiger partial charge >= 0.3 is 0 Å². The van der Waals surface area contributed by atoms with E-state index in [0.29, 0.717) is 29.1 Å². The van der Waals surface area contributed by atoms with Gasteiger partial charge in [-0.3, -0.25) is 9.20 Å². The maximum atomic E-state index is 13.1. The third kappa shape index (κ3) is 4.90. The Kier molecular flexibility index (Phi) is 6.82. The van der Waals surface area contributed by atoms with Crippen LogP contribution < -0.4 is 15.1 Å². The summed E-state index contributed by atoms with van der Waals surface area (Å²) >= 11 is 9.70. The normalized spacial score (nSPS) is 16.6. The number of anilines is 2. The number of amides is 1. The van der Waals surface area contributed by atoms with Crippen LogP contribution in [0.5, 0.6) is 0 Å². The lowest BCUT2D eigenvalue weighted by atomic mass is 9.71. The third-order valence-corrected chi connectivity index (χ3v) is 8.78. The van der Waals surface area contributed by atoms with Crippen LogP contribution in [0.4, 0.5) is 11.4 Å². The topological polar surface area (TPSA) is 52.9 Å². The number of carbonyl (C=O) groups is 1. The summed E-state index contributed by atoms with van der Waals surface area (Å²) in [7, 11) is 0. The number of imidazole rings is 1. The van der Waals surface area contributed by atoms with Crippen molar-refractivity contribution in [3.05, 3.63) is 93.3 Å². The molecule has 4 aromatic rings. The predicted octanol–water partition coefficient (Wildman–Crippen LogP) is 6.35. The van der Waals surface area contributed by atoms with Crippen molar-refractivity contribution in [2.45, 2.75) is 32.7 Å². The number of aryl methyl sites for hydroxylation is 1. The Morgan fingerprint density at radius 3 is 2.32 bits per heavy atom. The molecule has 0 unspecified atom stereocenters. The molecule has 4 heterocycles. The van der Waals surface area contributed by atoms with Gasteiger partial charge < -0.3 is 15.1 Å². The van der Waals surface area contributed by atoms with E-state index < -0.39 is 0 Å². The van der Waals surface area contributed by atoms with E-state index in [1.807, 2.05) is 13.0 Å². The van der Waals surface area contributed by atoms with E-state index in [0.717, 1.165) is 47.6 Å². The molecule has 0 bridgehead atoms. The number of halogens is 2. The highest BCUT2D eigenvalue weighted by Crippen LogP contribution is 2.43. The monoisotopic (exact) mass is 591 g/mol. The lowest BCUT2D eigenvalue weighted by Gasteiger charge is -2.55. The number of nitrogens with zero attached hydrogens (tertiary/aromatic N) is 4. The number of benzene rings is 2. The second kappa shape index (κ2) is 10.3. The van der Waals surface area contributed by atoms with Gasteiger partial charge in [-0.2, -0.15) is 0 Å². The summed E-state index contributed by atoms with van der Waals surface area (Å²) in [5, 5.41) is 3.64. The number of nitrogens with one attached hydrogen (secondary N) is 1. The Bertz CT molecular complexity index is 1450. The van der Waals surface area contributed by atoms with E-state index in [1.165, 1.54) is 24.2 Å². The second-order valence-electron chi connectivity index (χ2n) is 10.5. The summed E-state index contributed by atoms with van der Waals surface area (Å²) in [5.41, 5.74) is 6.15. The van der Waals surface area contributed by atoms with Gasteiger partial charge in [-0.15, -0.1) is 0 Å². The van der Waals surface area contributed by atoms with Crippen LogP contribution in [0.1, 0.15) is 41.5 Å². The average Bonchev–Trinajstić information content (AvgIpc) is 3.29. The fraction of sp³-hybridized carbons (Fsp3) is 0.333. The van der Waals surface area contributed by atoms with E-state index in [2.05, 4.69) is 84.6 Å². The molecule has 0 saturated carbocycles. The highest BCUT2D eigenvalue weighted by molar-refractivity contribution is 9.10. The summed E-state index contributed by atoms with van der Waals surface area (Å²) in [6.45, 7) is 6.94. The number of fused-ring (bicyclic) bond motifs is 1. The van der Waals surface area contributed by atoms with Crippen molar-refractivity contribution in [2.75, 3.05) is 36.0 Å². The Hall–Kier alpha value is -3.03. The predicted molar refractivity (Wildman–Crippen MR) is 157 cm³/mol. The highest BCUT2D eigenvalue weighted by atomic mass is 79.9. The van der Waals surface area contributed by atoms with Gasteiger partial charge in [0.25, 0.3) is 5.91 Å². The minimum Gasteiger partial charge on any atom is -0.371 e. The number of pyridine rings is 1. The number of rotatable bonds is 6. The van der Waals surface area contributed by atoms with Crippen molar-refractivity contribution in [3.63, 3.8) is 0 Å².